The van der Waals surface area contributed by atoms with Crippen molar-refractivity contribution in [1.82, 2.24) is 4.72 Å². The van der Waals surface area contributed by atoms with Crippen molar-refractivity contribution < 1.29 is 26.3 Å². The van der Waals surface area contributed by atoms with Gasteiger partial charge in [0.2, 0.25) is 5.96 Å². The summed E-state index contributed by atoms with van der Waals surface area (Å²) < 4.78 is 72.2. The van der Waals surface area contributed by atoms with Crippen LogP contribution in [0.5, 0.6) is 11.5 Å². The number of guanidine groups is 1. The molecule has 1 aliphatic heterocycles. The maximum atomic E-state index is 12.9. The van der Waals surface area contributed by atoms with Gasteiger partial charge in [0.05, 0.1) is 17.1 Å². The Hall–Kier alpha value is -3.24. The zero-order valence-electron chi connectivity index (χ0n) is 16.2. The Labute approximate surface area is 186 Å². The van der Waals surface area contributed by atoms with Crippen LogP contribution >= 0.6 is 11.6 Å². The summed E-state index contributed by atoms with van der Waals surface area (Å²) in [5, 5.41) is 3.18. The highest BCUT2D eigenvalue weighted by atomic mass is 35.5. The lowest BCUT2D eigenvalue weighted by molar-refractivity contribution is -0.137. The zero-order chi connectivity index (χ0) is 22.9. The smallest absolute Gasteiger partial charge is 0.416 e. The van der Waals surface area contributed by atoms with E-state index in [0.717, 1.165) is 12.1 Å². The van der Waals surface area contributed by atoms with Gasteiger partial charge in [0.1, 0.15) is 16.3 Å². The van der Waals surface area contributed by atoms with E-state index in [4.69, 9.17) is 16.3 Å². The van der Waals surface area contributed by atoms with Crippen molar-refractivity contribution in [3.8, 4) is 11.5 Å². The lowest BCUT2D eigenvalue weighted by atomic mass is 10.1. The molecule has 0 saturated carbocycles. The van der Waals surface area contributed by atoms with Gasteiger partial charge in [0.15, 0.2) is 5.75 Å². The van der Waals surface area contributed by atoms with Crippen molar-refractivity contribution >= 4 is 33.3 Å². The lowest BCUT2D eigenvalue weighted by Gasteiger charge is -2.23. The number of nitrogens with one attached hydrogen (secondary N) is 2. The van der Waals surface area contributed by atoms with Crippen LogP contribution in [0.4, 0.5) is 18.9 Å². The van der Waals surface area contributed by atoms with Crippen LogP contribution in [0, 0.1) is 0 Å². The van der Waals surface area contributed by atoms with Crippen LogP contribution < -0.4 is 14.8 Å². The normalized spacial score (nSPS) is 16.1. The van der Waals surface area contributed by atoms with E-state index in [1.807, 2.05) is 0 Å². The van der Waals surface area contributed by atoms with Crippen molar-refractivity contribution in [3.63, 3.8) is 0 Å². The standard InChI is InChI=1S/C21H15ClF3N3O3S/c22-15-7-1-2-8-16(15)31-17-9-4-10-18-19(17)27-20(28-32(18,29)30)26-12-13-5-3-6-14(11-13)21(23,24)25/h1-11H,12H2,(H2,26,27,28). The number of anilines is 1. The Morgan fingerprint density at radius 3 is 2.44 bits per heavy atom. The Morgan fingerprint density at radius 1 is 0.969 bits per heavy atom. The molecule has 4 rings (SSSR count). The van der Waals surface area contributed by atoms with E-state index in [-0.39, 0.29) is 34.4 Å². The third kappa shape index (κ3) is 4.66. The molecular formula is C21H15ClF3N3O3S. The van der Waals surface area contributed by atoms with Crippen molar-refractivity contribution in [2.24, 2.45) is 4.99 Å². The third-order valence-electron chi connectivity index (χ3n) is 4.48. The van der Waals surface area contributed by atoms with Gasteiger partial charge in [-0.2, -0.15) is 13.2 Å². The summed E-state index contributed by atoms with van der Waals surface area (Å²) in [6.45, 7) is -0.183. The van der Waals surface area contributed by atoms with Crippen LogP contribution in [0.25, 0.3) is 0 Å². The second-order valence-electron chi connectivity index (χ2n) is 6.76. The second kappa shape index (κ2) is 8.36. The second-order valence-corrected chi connectivity index (χ2v) is 8.81. The maximum Gasteiger partial charge on any atom is 0.416 e. The lowest BCUT2D eigenvalue weighted by Crippen LogP contribution is -2.40. The highest BCUT2D eigenvalue weighted by Gasteiger charge is 2.31. The van der Waals surface area contributed by atoms with E-state index in [0.29, 0.717) is 10.8 Å². The number of halogens is 4. The monoisotopic (exact) mass is 481 g/mol. The number of para-hydroxylation sites is 2. The minimum absolute atomic E-state index is 0.0694. The summed E-state index contributed by atoms with van der Waals surface area (Å²) in [5.41, 5.74) is -0.415. The molecule has 0 bridgehead atoms. The van der Waals surface area contributed by atoms with Gasteiger partial charge in [-0.1, -0.05) is 41.9 Å². The summed E-state index contributed by atoms with van der Waals surface area (Å²) in [7, 11) is -3.99. The Bertz CT molecular complexity index is 1310. The van der Waals surface area contributed by atoms with Gasteiger partial charge in [0, 0.05) is 0 Å². The summed E-state index contributed by atoms with van der Waals surface area (Å²) in [4.78, 5) is 4.03. The molecule has 0 fully saturated rings. The molecule has 0 atom stereocenters. The van der Waals surface area contributed by atoms with E-state index in [1.54, 1.807) is 30.3 Å². The van der Waals surface area contributed by atoms with Gasteiger partial charge in [-0.25, -0.2) is 18.1 Å². The van der Waals surface area contributed by atoms with E-state index in [9.17, 15) is 21.6 Å². The molecule has 32 heavy (non-hydrogen) atoms. The SMILES string of the molecule is O=S1(=O)NC(=NCc2cccc(C(F)(F)F)c2)Nc2c(Oc3ccccc3Cl)cccc21. The number of nitrogens with zero attached hydrogens (tertiary/aromatic N) is 1. The highest BCUT2D eigenvalue weighted by molar-refractivity contribution is 7.90. The minimum Gasteiger partial charge on any atom is -0.454 e. The molecule has 0 aliphatic carbocycles. The fraction of sp³-hybridized carbons (Fsp3) is 0.0952. The van der Waals surface area contributed by atoms with Crippen LogP contribution in [-0.4, -0.2) is 14.4 Å². The summed E-state index contributed by atoms with van der Waals surface area (Å²) in [5.74, 6) is 0.361. The summed E-state index contributed by atoms with van der Waals surface area (Å²) >= 11 is 6.12. The Balaban J connectivity index is 1.65. The van der Waals surface area contributed by atoms with Gasteiger partial charge in [-0.3, -0.25) is 0 Å². The molecule has 0 saturated heterocycles. The van der Waals surface area contributed by atoms with Crippen molar-refractivity contribution in [3.05, 3.63) is 82.9 Å². The van der Waals surface area contributed by atoms with Gasteiger partial charge in [-0.15, -0.1) is 0 Å². The first-order valence-electron chi connectivity index (χ1n) is 9.19. The summed E-state index contributed by atoms with van der Waals surface area (Å²) in [6, 6.07) is 15.8. The molecule has 11 heteroatoms. The topological polar surface area (TPSA) is 79.8 Å². The average molecular weight is 482 g/mol. The number of rotatable bonds is 4. The van der Waals surface area contributed by atoms with Crippen LogP contribution in [0.15, 0.2) is 76.6 Å². The number of benzene rings is 3. The number of fused-ring (bicyclic) bond motifs is 1. The van der Waals surface area contributed by atoms with Crippen LogP contribution in [0.1, 0.15) is 11.1 Å². The number of aliphatic imine (C=N–C) groups is 1. The molecule has 0 aromatic heterocycles. The fourth-order valence-electron chi connectivity index (χ4n) is 3.00. The van der Waals surface area contributed by atoms with E-state index >= 15 is 0 Å². The molecule has 0 unspecified atom stereocenters. The molecule has 0 spiro atoms. The van der Waals surface area contributed by atoms with Crippen molar-refractivity contribution in [2.45, 2.75) is 17.6 Å². The highest BCUT2D eigenvalue weighted by Crippen LogP contribution is 2.38. The predicted molar refractivity (Wildman–Crippen MR) is 114 cm³/mol. The van der Waals surface area contributed by atoms with Crippen LogP contribution in [-0.2, 0) is 22.7 Å². The van der Waals surface area contributed by atoms with E-state index < -0.39 is 21.8 Å². The summed E-state index contributed by atoms with van der Waals surface area (Å²) in [6.07, 6.45) is -4.49. The van der Waals surface area contributed by atoms with Crippen LogP contribution in [0.3, 0.4) is 0 Å². The number of hydrogen-bond acceptors (Lipinski definition) is 4. The first-order valence-corrected chi connectivity index (χ1v) is 11.1. The third-order valence-corrected chi connectivity index (χ3v) is 6.18. The first kappa shape index (κ1) is 22.0. The van der Waals surface area contributed by atoms with Gasteiger partial charge in [0.25, 0.3) is 10.0 Å². The molecule has 0 amide bonds. The number of hydrogen-bond donors (Lipinski definition) is 2. The average Bonchev–Trinajstić information content (AvgIpc) is 2.74. The molecule has 3 aromatic rings. The number of sulfonamides is 1. The number of alkyl halides is 3. The van der Waals surface area contributed by atoms with Crippen molar-refractivity contribution in [1.29, 1.82) is 0 Å². The largest absolute Gasteiger partial charge is 0.454 e. The fourth-order valence-corrected chi connectivity index (χ4v) is 4.34. The Morgan fingerprint density at radius 2 is 1.69 bits per heavy atom. The molecule has 166 valence electrons. The molecule has 1 aliphatic rings. The van der Waals surface area contributed by atoms with Crippen LogP contribution in [0.2, 0.25) is 5.02 Å². The van der Waals surface area contributed by atoms with Gasteiger partial charge < -0.3 is 10.1 Å². The Kier molecular flexibility index (Phi) is 5.74. The quantitative estimate of drug-likeness (QED) is 0.522. The first-order chi connectivity index (χ1) is 15.1. The molecule has 0 radical (unpaired) electrons. The zero-order valence-corrected chi connectivity index (χ0v) is 17.7. The maximum absolute atomic E-state index is 12.9. The van der Waals surface area contributed by atoms with Gasteiger partial charge >= 0.3 is 6.18 Å². The van der Waals surface area contributed by atoms with E-state index in [1.165, 1.54) is 24.3 Å². The number of ether oxygens (including phenoxy) is 1. The predicted octanol–water partition coefficient (Wildman–Crippen LogP) is 5.41. The minimum atomic E-state index is -4.49. The molecular weight excluding hydrogens is 467 g/mol. The molecule has 3 aromatic carbocycles. The molecule has 2 N–H and O–H groups in total. The molecule has 1 heterocycles. The van der Waals surface area contributed by atoms with Crippen molar-refractivity contribution in [2.75, 3.05) is 5.32 Å². The molecule has 6 nitrogen and oxygen atoms in total. The van der Waals surface area contributed by atoms with Gasteiger partial charge in [-0.05, 0) is 42.0 Å². The van der Waals surface area contributed by atoms with E-state index in [2.05, 4.69) is 15.0 Å².